The quantitative estimate of drug-likeness (QED) is 0.597. The minimum atomic E-state index is -0.524. The molecule has 1 saturated heterocycles. The highest BCUT2D eigenvalue weighted by Gasteiger charge is 2.34. The standard InChI is InChI=1S/C13H26N4O2/c1-4-15-11(18)5-6-16-12(19)13(2,3)17-9-7-14-8-10-17/h14H,4-10H2,1-3H3,(H,15,18)(H,16,19). The third kappa shape index (κ3) is 4.80. The number of amides is 2. The van der Waals surface area contributed by atoms with Crippen molar-refractivity contribution in [3.8, 4) is 0 Å². The molecule has 1 fully saturated rings. The van der Waals surface area contributed by atoms with Crippen molar-refractivity contribution < 1.29 is 9.59 Å². The summed E-state index contributed by atoms with van der Waals surface area (Å²) in [6.45, 7) is 10.3. The summed E-state index contributed by atoms with van der Waals surface area (Å²) in [5, 5.41) is 8.83. The second kappa shape index (κ2) is 7.45. The van der Waals surface area contributed by atoms with Crippen molar-refractivity contribution in [2.75, 3.05) is 39.3 Å². The van der Waals surface area contributed by atoms with Crippen LogP contribution in [0.4, 0.5) is 0 Å². The van der Waals surface area contributed by atoms with E-state index in [0.29, 0.717) is 19.5 Å². The molecule has 0 radical (unpaired) electrons. The Labute approximate surface area is 115 Å². The molecule has 0 aromatic heterocycles. The second-order valence-electron chi connectivity index (χ2n) is 5.26. The summed E-state index contributed by atoms with van der Waals surface area (Å²) >= 11 is 0. The van der Waals surface area contributed by atoms with Gasteiger partial charge in [0.15, 0.2) is 0 Å². The third-order valence-corrected chi connectivity index (χ3v) is 3.47. The first kappa shape index (κ1) is 15.9. The largest absolute Gasteiger partial charge is 0.356 e. The molecule has 0 aromatic rings. The van der Waals surface area contributed by atoms with Crippen LogP contribution < -0.4 is 16.0 Å². The lowest BCUT2D eigenvalue weighted by Gasteiger charge is -2.39. The minimum absolute atomic E-state index is 0.0151. The first-order valence-electron chi connectivity index (χ1n) is 6.99. The molecule has 1 aliphatic heterocycles. The molecule has 0 saturated carbocycles. The molecule has 0 bridgehead atoms. The van der Waals surface area contributed by atoms with Gasteiger partial charge in [0.25, 0.3) is 0 Å². The molecule has 1 rings (SSSR count). The Morgan fingerprint density at radius 1 is 1.21 bits per heavy atom. The fourth-order valence-electron chi connectivity index (χ4n) is 2.16. The molecule has 0 atom stereocenters. The van der Waals surface area contributed by atoms with Gasteiger partial charge in [-0.25, -0.2) is 0 Å². The molecule has 1 heterocycles. The topological polar surface area (TPSA) is 73.5 Å². The van der Waals surface area contributed by atoms with Crippen LogP contribution in [0.3, 0.4) is 0 Å². The Kier molecular flexibility index (Phi) is 6.24. The number of rotatable bonds is 6. The first-order valence-corrected chi connectivity index (χ1v) is 6.99. The van der Waals surface area contributed by atoms with Crippen molar-refractivity contribution >= 4 is 11.8 Å². The Balaban J connectivity index is 2.36. The van der Waals surface area contributed by atoms with Gasteiger partial charge in [0.2, 0.25) is 11.8 Å². The maximum absolute atomic E-state index is 12.2. The Bertz CT molecular complexity index is 312. The van der Waals surface area contributed by atoms with Gasteiger partial charge in [-0.05, 0) is 20.8 Å². The lowest BCUT2D eigenvalue weighted by Crippen LogP contribution is -2.60. The molecule has 1 aliphatic rings. The van der Waals surface area contributed by atoms with Gasteiger partial charge in [-0.3, -0.25) is 14.5 Å². The van der Waals surface area contributed by atoms with E-state index in [1.165, 1.54) is 0 Å². The highest BCUT2D eigenvalue weighted by atomic mass is 16.2. The monoisotopic (exact) mass is 270 g/mol. The number of piperazine rings is 1. The van der Waals surface area contributed by atoms with E-state index in [-0.39, 0.29) is 11.8 Å². The van der Waals surface area contributed by atoms with Crippen molar-refractivity contribution in [3.05, 3.63) is 0 Å². The van der Waals surface area contributed by atoms with Crippen LogP contribution in [0.15, 0.2) is 0 Å². The molecular formula is C13H26N4O2. The van der Waals surface area contributed by atoms with Gasteiger partial charge in [-0.1, -0.05) is 0 Å². The summed E-state index contributed by atoms with van der Waals surface area (Å²) in [6, 6.07) is 0. The third-order valence-electron chi connectivity index (χ3n) is 3.47. The van der Waals surface area contributed by atoms with Crippen molar-refractivity contribution in [1.82, 2.24) is 20.9 Å². The Morgan fingerprint density at radius 2 is 1.84 bits per heavy atom. The van der Waals surface area contributed by atoms with Gasteiger partial charge in [-0.2, -0.15) is 0 Å². The van der Waals surface area contributed by atoms with Crippen LogP contribution in [0.5, 0.6) is 0 Å². The number of hydrogen-bond donors (Lipinski definition) is 3. The number of carbonyl (C=O) groups is 2. The number of carbonyl (C=O) groups excluding carboxylic acids is 2. The van der Waals surface area contributed by atoms with Crippen molar-refractivity contribution in [1.29, 1.82) is 0 Å². The summed E-state index contributed by atoms with van der Waals surface area (Å²) in [5.41, 5.74) is -0.524. The van der Waals surface area contributed by atoms with E-state index in [1.54, 1.807) is 0 Å². The SMILES string of the molecule is CCNC(=O)CCNC(=O)C(C)(C)N1CCNCC1. The number of hydrogen-bond acceptors (Lipinski definition) is 4. The predicted octanol–water partition coefficient (Wildman–Crippen LogP) is -0.687. The average Bonchev–Trinajstić information content (AvgIpc) is 2.40. The zero-order valence-electron chi connectivity index (χ0n) is 12.2. The van der Waals surface area contributed by atoms with Crippen molar-refractivity contribution in [3.63, 3.8) is 0 Å². The van der Waals surface area contributed by atoms with E-state index in [9.17, 15) is 9.59 Å². The van der Waals surface area contributed by atoms with Crippen LogP contribution >= 0.6 is 0 Å². The number of nitrogens with one attached hydrogen (secondary N) is 3. The fraction of sp³-hybridized carbons (Fsp3) is 0.846. The molecule has 0 aromatic carbocycles. The van der Waals surface area contributed by atoms with Crippen LogP contribution in [0.25, 0.3) is 0 Å². The molecule has 0 unspecified atom stereocenters. The molecular weight excluding hydrogens is 244 g/mol. The summed E-state index contributed by atoms with van der Waals surface area (Å²) < 4.78 is 0. The molecule has 2 amide bonds. The first-order chi connectivity index (χ1) is 8.98. The summed E-state index contributed by atoms with van der Waals surface area (Å²) in [5.74, 6) is -0.0403. The zero-order valence-corrected chi connectivity index (χ0v) is 12.2. The van der Waals surface area contributed by atoms with E-state index in [2.05, 4.69) is 20.9 Å². The fourth-order valence-corrected chi connectivity index (χ4v) is 2.16. The molecule has 6 heteroatoms. The van der Waals surface area contributed by atoms with Crippen LogP contribution in [0.1, 0.15) is 27.2 Å². The predicted molar refractivity (Wildman–Crippen MR) is 74.8 cm³/mol. The smallest absolute Gasteiger partial charge is 0.239 e. The lowest BCUT2D eigenvalue weighted by atomic mass is 10.0. The summed E-state index contributed by atoms with van der Waals surface area (Å²) in [6.07, 6.45) is 0.331. The van der Waals surface area contributed by atoms with Gasteiger partial charge in [0, 0.05) is 45.7 Å². The van der Waals surface area contributed by atoms with E-state index >= 15 is 0 Å². The van der Waals surface area contributed by atoms with E-state index < -0.39 is 5.54 Å². The molecule has 3 N–H and O–H groups in total. The molecule has 0 aliphatic carbocycles. The van der Waals surface area contributed by atoms with Gasteiger partial charge in [0.05, 0.1) is 5.54 Å². The van der Waals surface area contributed by atoms with Crippen molar-refractivity contribution in [2.45, 2.75) is 32.7 Å². The normalized spacial score (nSPS) is 17.0. The average molecular weight is 270 g/mol. The Morgan fingerprint density at radius 3 is 2.42 bits per heavy atom. The van der Waals surface area contributed by atoms with Gasteiger partial charge in [-0.15, -0.1) is 0 Å². The number of nitrogens with zero attached hydrogens (tertiary/aromatic N) is 1. The minimum Gasteiger partial charge on any atom is -0.356 e. The van der Waals surface area contributed by atoms with E-state index in [4.69, 9.17) is 0 Å². The lowest BCUT2D eigenvalue weighted by molar-refractivity contribution is -0.132. The summed E-state index contributed by atoms with van der Waals surface area (Å²) in [4.78, 5) is 25.7. The zero-order chi connectivity index (χ0) is 14.3. The van der Waals surface area contributed by atoms with E-state index in [0.717, 1.165) is 26.2 Å². The van der Waals surface area contributed by atoms with E-state index in [1.807, 2.05) is 20.8 Å². The van der Waals surface area contributed by atoms with Crippen LogP contribution in [0.2, 0.25) is 0 Å². The van der Waals surface area contributed by atoms with Crippen LogP contribution in [0, 0.1) is 0 Å². The van der Waals surface area contributed by atoms with Gasteiger partial charge in [0.1, 0.15) is 0 Å². The highest BCUT2D eigenvalue weighted by molar-refractivity contribution is 5.86. The van der Waals surface area contributed by atoms with Crippen molar-refractivity contribution in [2.24, 2.45) is 0 Å². The van der Waals surface area contributed by atoms with Gasteiger partial charge < -0.3 is 16.0 Å². The molecule has 6 nitrogen and oxygen atoms in total. The van der Waals surface area contributed by atoms with Gasteiger partial charge >= 0.3 is 0 Å². The Hall–Kier alpha value is -1.14. The van der Waals surface area contributed by atoms with Crippen LogP contribution in [-0.4, -0.2) is 61.5 Å². The maximum Gasteiger partial charge on any atom is 0.239 e. The molecule has 110 valence electrons. The highest BCUT2D eigenvalue weighted by Crippen LogP contribution is 2.15. The molecule has 0 spiro atoms. The molecule has 19 heavy (non-hydrogen) atoms. The summed E-state index contributed by atoms with van der Waals surface area (Å²) in [7, 11) is 0. The second-order valence-corrected chi connectivity index (χ2v) is 5.26. The maximum atomic E-state index is 12.2. The van der Waals surface area contributed by atoms with Crippen LogP contribution in [-0.2, 0) is 9.59 Å².